The minimum Gasteiger partial charge on any atom is -0.484 e. The third-order valence-corrected chi connectivity index (χ3v) is 3.26. The number of carbonyl (C=O) groups is 2. The van der Waals surface area contributed by atoms with Crippen molar-refractivity contribution < 1.29 is 14.3 Å². The summed E-state index contributed by atoms with van der Waals surface area (Å²) in [6, 6.07) is 7.40. The molecule has 3 amide bonds. The lowest BCUT2D eigenvalue weighted by Gasteiger charge is -2.19. The first-order valence-electron chi connectivity index (χ1n) is 7.18. The summed E-state index contributed by atoms with van der Waals surface area (Å²) >= 11 is 0. The highest BCUT2D eigenvalue weighted by atomic mass is 16.5. The Morgan fingerprint density at radius 1 is 1.19 bits per heavy atom. The predicted molar refractivity (Wildman–Crippen MR) is 80.3 cm³/mol. The van der Waals surface area contributed by atoms with Gasteiger partial charge in [-0.15, -0.1) is 0 Å². The van der Waals surface area contributed by atoms with E-state index in [2.05, 4.69) is 31.4 Å². The molecule has 0 aromatic heterocycles. The Kier molecular flexibility index (Phi) is 4.50. The van der Waals surface area contributed by atoms with Gasteiger partial charge >= 0.3 is 6.03 Å². The summed E-state index contributed by atoms with van der Waals surface area (Å²) in [7, 11) is 0. The van der Waals surface area contributed by atoms with Crippen LogP contribution in [-0.4, -0.2) is 24.6 Å². The third kappa shape index (κ3) is 5.10. The zero-order chi connectivity index (χ0) is 15.5. The first-order valence-corrected chi connectivity index (χ1v) is 7.18. The van der Waals surface area contributed by atoms with Crippen molar-refractivity contribution in [3.8, 4) is 5.75 Å². The number of hydrogen-bond acceptors (Lipinski definition) is 3. The van der Waals surface area contributed by atoms with Crippen LogP contribution in [0.2, 0.25) is 0 Å². The molecule has 1 fully saturated rings. The van der Waals surface area contributed by atoms with Crippen molar-refractivity contribution >= 4 is 11.9 Å². The van der Waals surface area contributed by atoms with Gasteiger partial charge in [0.1, 0.15) is 5.75 Å². The van der Waals surface area contributed by atoms with Gasteiger partial charge < -0.3 is 10.1 Å². The van der Waals surface area contributed by atoms with Crippen LogP contribution in [0, 0.1) is 0 Å². The van der Waals surface area contributed by atoms with Crippen molar-refractivity contribution in [3.05, 3.63) is 29.8 Å². The van der Waals surface area contributed by atoms with Crippen molar-refractivity contribution in [3.63, 3.8) is 0 Å². The summed E-state index contributed by atoms with van der Waals surface area (Å²) < 4.78 is 5.36. The Hall–Kier alpha value is -2.04. The van der Waals surface area contributed by atoms with Crippen LogP contribution in [0.1, 0.15) is 39.2 Å². The van der Waals surface area contributed by atoms with Crippen molar-refractivity contribution in [1.29, 1.82) is 0 Å². The second-order valence-corrected chi connectivity index (χ2v) is 6.36. The average molecular weight is 290 g/mol. The van der Waals surface area contributed by atoms with Gasteiger partial charge in [-0.3, -0.25) is 10.1 Å². The van der Waals surface area contributed by atoms with E-state index in [4.69, 9.17) is 4.74 Å². The van der Waals surface area contributed by atoms with Gasteiger partial charge in [0, 0.05) is 6.04 Å². The summed E-state index contributed by atoms with van der Waals surface area (Å²) in [5.41, 5.74) is 1.28. The number of rotatable bonds is 4. The van der Waals surface area contributed by atoms with Gasteiger partial charge in [-0.2, -0.15) is 0 Å². The molecule has 2 rings (SSSR count). The van der Waals surface area contributed by atoms with Gasteiger partial charge in [0.05, 0.1) is 0 Å². The van der Waals surface area contributed by atoms with E-state index >= 15 is 0 Å². The molecule has 1 aliphatic carbocycles. The molecule has 114 valence electrons. The molecule has 0 spiro atoms. The Labute approximate surface area is 125 Å². The molecule has 0 heterocycles. The molecule has 1 aromatic rings. The zero-order valence-corrected chi connectivity index (χ0v) is 12.7. The molecule has 0 bridgehead atoms. The lowest BCUT2D eigenvalue weighted by atomic mass is 9.87. The fourth-order valence-corrected chi connectivity index (χ4v) is 1.81. The Balaban J connectivity index is 1.76. The molecule has 0 radical (unpaired) electrons. The molecule has 5 heteroatoms. The molecule has 0 saturated heterocycles. The summed E-state index contributed by atoms with van der Waals surface area (Å²) in [5, 5.41) is 4.92. The smallest absolute Gasteiger partial charge is 0.321 e. The van der Waals surface area contributed by atoms with Gasteiger partial charge in [0.25, 0.3) is 5.91 Å². The standard InChI is InChI=1S/C16H22N2O3/c1-16(2,3)11-4-8-13(9-5-11)21-10-14(19)18-15(20)17-12-6-7-12/h4-5,8-9,12H,6-7,10H2,1-3H3,(H2,17,18,19,20). The third-order valence-electron chi connectivity index (χ3n) is 3.26. The van der Waals surface area contributed by atoms with Crippen LogP contribution in [-0.2, 0) is 10.2 Å². The molecular weight excluding hydrogens is 268 g/mol. The summed E-state index contributed by atoms with van der Waals surface area (Å²) in [6.07, 6.45) is 1.97. The van der Waals surface area contributed by atoms with E-state index < -0.39 is 11.9 Å². The molecular formula is C16H22N2O3. The largest absolute Gasteiger partial charge is 0.484 e. The molecule has 5 nitrogen and oxygen atoms in total. The van der Waals surface area contributed by atoms with E-state index in [0.717, 1.165) is 12.8 Å². The van der Waals surface area contributed by atoms with E-state index in [9.17, 15) is 9.59 Å². The number of ether oxygens (including phenoxy) is 1. The molecule has 0 aliphatic heterocycles. The van der Waals surface area contributed by atoms with Gasteiger partial charge in [0.15, 0.2) is 6.61 Å². The maximum absolute atomic E-state index is 11.6. The normalized spacial score (nSPS) is 14.4. The molecule has 1 aliphatic rings. The SMILES string of the molecule is CC(C)(C)c1ccc(OCC(=O)NC(=O)NC2CC2)cc1. The van der Waals surface area contributed by atoms with E-state index in [1.807, 2.05) is 24.3 Å². The van der Waals surface area contributed by atoms with Crippen LogP contribution < -0.4 is 15.4 Å². The first-order chi connectivity index (χ1) is 9.84. The van der Waals surface area contributed by atoms with E-state index in [1.165, 1.54) is 5.56 Å². The van der Waals surface area contributed by atoms with Gasteiger partial charge in [-0.05, 0) is 36.0 Å². The van der Waals surface area contributed by atoms with Crippen LogP contribution in [0.25, 0.3) is 0 Å². The minimum atomic E-state index is -0.451. The van der Waals surface area contributed by atoms with Crippen LogP contribution in [0.4, 0.5) is 4.79 Å². The topological polar surface area (TPSA) is 67.4 Å². The molecule has 2 N–H and O–H groups in total. The molecule has 1 aromatic carbocycles. The summed E-state index contributed by atoms with van der Waals surface area (Å²) in [4.78, 5) is 22.9. The lowest BCUT2D eigenvalue weighted by Crippen LogP contribution is -2.42. The van der Waals surface area contributed by atoms with Crippen molar-refractivity contribution in [2.24, 2.45) is 0 Å². The number of imide groups is 1. The van der Waals surface area contributed by atoms with E-state index in [1.54, 1.807) is 0 Å². The van der Waals surface area contributed by atoms with Crippen LogP contribution in [0.3, 0.4) is 0 Å². The average Bonchev–Trinajstić information content (AvgIpc) is 3.19. The number of urea groups is 1. The zero-order valence-electron chi connectivity index (χ0n) is 12.7. The molecule has 1 saturated carbocycles. The van der Waals surface area contributed by atoms with Crippen molar-refractivity contribution in [2.45, 2.75) is 45.1 Å². The Morgan fingerprint density at radius 3 is 2.33 bits per heavy atom. The second kappa shape index (κ2) is 6.16. The molecule has 21 heavy (non-hydrogen) atoms. The summed E-state index contributed by atoms with van der Waals surface area (Å²) in [5.74, 6) is 0.161. The monoisotopic (exact) mass is 290 g/mol. The Morgan fingerprint density at radius 2 is 1.81 bits per heavy atom. The highest BCUT2D eigenvalue weighted by Gasteiger charge is 2.23. The number of hydrogen-bond donors (Lipinski definition) is 2. The quantitative estimate of drug-likeness (QED) is 0.894. The second-order valence-electron chi connectivity index (χ2n) is 6.36. The van der Waals surface area contributed by atoms with Gasteiger partial charge in [-0.25, -0.2) is 4.79 Å². The lowest BCUT2D eigenvalue weighted by molar-refractivity contribution is -0.122. The van der Waals surface area contributed by atoms with Crippen LogP contribution in [0.5, 0.6) is 5.75 Å². The highest BCUT2D eigenvalue weighted by molar-refractivity contribution is 5.95. The summed E-state index contributed by atoms with van der Waals surface area (Å²) in [6.45, 7) is 6.23. The van der Waals surface area contributed by atoms with E-state index in [-0.39, 0.29) is 18.1 Å². The molecule has 0 atom stereocenters. The van der Waals surface area contributed by atoms with Crippen molar-refractivity contribution in [2.75, 3.05) is 6.61 Å². The maximum Gasteiger partial charge on any atom is 0.321 e. The maximum atomic E-state index is 11.6. The molecule has 0 unspecified atom stereocenters. The predicted octanol–water partition coefficient (Wildman–Crippen LogP) is 2.35. The number of amides is 3. The minimum absolute atomic E-state index is 0.0802. The number of benzene rings is 1. The first kappa shape index (κ1) is 15.4. The highest BCUT2D eigenvalue weighted by Crippen LogP contribution is 2.24. The fraction of sp³-hybridized carbons (Fsp3) is 0.500. The number of carbonyl (C=O) groups excluding carboxylic acids is 2. The van der Waals surface area contributed by atoms with Crippen LogP contribution >= 0.6 is 0 Å². The van der Waals surface area contributed by atoms with E-state index in [0.29, 0.717) is 5.75 Å². The van der Waals surface area contributed by atoms with Gasteiger partial charge in [-0.1, -0.05) is 32.9 Å². The fourth-order valence-electron chi connectivity index (χ4n) is 1.81. The Bertz CT molecular complexity index is 513. The van der Waals surface area contributed by atoms with Gasteiger partial charge in [0.2, 0.25) is 0 Å². The van der Waals surface area contributed by atoms with Crippen LogP contribution in [0.15, 0.2) is 24.3 Å². The van der Waals surface area contributed by atoms with Crippen molar-refractivity contribution in [1.82, 2.24) is 10.6 Å². The number of nitrogens with one attached hydrogen (secondary N) is 2.